The molecule has 1 aromatic heterocycles. The molecule has 0 amide bonds. The second kappa shape index (κ2) is 5.00. The zero-order valence-corrected chi connectivity index (χ0v) is 11.1. The Morgan fingerprint density at radius 2 is 2.06 bits per heavy atom. The lowest BCUT2D eigenvalue weighted by molar-refractivity contribution is 0.110. The zero-order valence-electron chi connectivity index (χ0n) is 11.1. The van der Waals surface area contributed by atoms with Gasteiger partial charge in [0.1, 0.15) is 0 Å². The van der Waals surface area contributed by atoms with Gasteiger partial charge in [-0.05, 0) is 24.7 Å². The van der Waals surface area contributed by atoms with Gasteiger partial charge in [-0.15, -0.1) is 0 Å². The number of aliphatic hydroxyl groups is 1. The number of nitrogens with zero attached hydrogens (tertiary/aromatic N) is 2. The van der Waals surface area contributed by atoms with Crippen molar-refractivity contribution in [2.24, 2.45) is 11.3 Å². The normalized spacial score (nSPS) is 16.1. The van der Waals surface area contributed by atoms with Crippen LogP contribution in [0.1, 0.15) is 52.7 Å². The van der Waals surface area contributed by atoms with Crippen LogP contribution in [0, 0.1) is 11.3 Å². The molecular weight excluding hydrogens is 200 g/mol. The fourth-order valence-corrected chi connectivity index (χ4v) is 1.55. The van der Waals surface area contributed by atoms with Gasteiger partial charge in [-0.1, -0.05) is 27.7 Å². The Balaban J connectivity index is 2.61. The van der Waals surface area contributed by atoms with Crippen LogP contribution in [0.2, 0.25) is 0 Å². The molecule has 0 bridgehead atoms. The van der Waals surface area contributed by atoms with Crippen molar-refractivity contribution in [2.75, 3.05) is 0 Å². The van der Waals surface area contributed by atoms with Crippen LogP contribution in [-0.2, 0) is 6.54 Å². The highest BCUT2D eigenvalue weighted by Gasteiger charge is 2.23. The number of aromatic nitrogens is 2. The van der Waals surface area contributed by atoms with Crippen LogP contribution in [0.3, 0.4) is 0 Å². The van der Waals surface area contributed by atoms with E-state index in [4.69, 9.17) is 0 Å². The third kappa shape index (κ3) is 3.34. The van der Waals surface area contributed by atoms with E-state index < -0.39 is 6.10 Å². The van der Waals surface area contributed by atoms with Crippen molar-refractivity contribution in [3.8, 4) is 0 Å². The molecule has 92 valence electrons. The Hall–Kier alpha value is -0.830. The Morgan fingerprint density at radius 3 is 2.50 bits per heavy atom. The second-order valence-electron chi connectivity index (χ2n) is 5.65. The summed E-state index contributed by atoms with van der Waals surface area (Å²) in [6.45, 7) is 11.7. The molecule has 0 aliphatic carbocycles. The van der Waals surface area contributed by atoms with E-state index in [0.29, 0.717) is 5.92 Å². The van der Waals surface area contributed by atoms with Crippen LogP contribution in [0.25, 0.3) is 0 Å². The monoisotopic (exact) mass is 224 g/mol. The number of rotatable bonds is 4. The summed E-state index contributed by atoms with van der Waals surface area (Å²) < 4.78 is 1.85. The minimum atomic E-state index is -0.394. The fourth-order valence-electron chi connectivity index (χ4n) is 1.55. The van der Waals surface area contributed by atoms with Crippen LogP contribution in [0.15, 0.2) is 12.4 Å². The molecule has 3 nitrogen and oxygen atoms in total. The van der Waals surface area contributed by atoms with Gasteiger partial charge < -0.3 is 5.11 Å². The first-order valence-electron chi connectivity index (χ1n) is 6.05. The van der Waals surface area contributed by atoms with Crippen molar-refractivity contribution in [3.63, 3.8) is 0 Å². The molecule has 0 aliphatic heterocycles. The van der Waals surface area contributed by atoms with Gasteiger partial charge in [0, 0.05) is 18.3 Å². The summed E-state index contributed by atoms with van der Waals surface area (Å²) in [7, 11) is 0. The van der Waals surface area contributed by atoms with Crippen molar-refractivity contribution in [3.05, 3.63) is 18.0 Å². The molecule has 2 unspecified atom stereocenters. The summed E-state index contributed by atoms with van der Waals surface area (Å²) in [4.78, 5) is 0. The van der Waals surface area contributed by atoms with E-state index in [1.165, 1.54) is 0 Å². The number of aryl methyl sites for hydroxylation is 1. The van der Waals surface area contributed by atoms with Gasteiger partial charge in [-0.25, -0.2) is 0 Å². The van der Waals surface area contributed by atoms with Crippen LogP contribution < -0.4 is 0 Å². The highest BCUT2D eigenvalue weighted by molar-refractivity contribution is 5.08. The third-order valence-corrected chi connectivity index (χ3v) is 3.42. The van der Waals surface area contributed by atoms with Gasteiger partial charge in [0.15, 0.2) is 0 Å². The fraction of sp³-hybridized carbons (Fsp3) is 0.769. The van der Waals surface area contributed by atoms with E-state index in [1.54, 1.807) is 6.20 Å². The maximum Gasteiger partial charge on any atom is 0.0823 e. The van der Waals surface area contributed by atoms with E-state index in [1.807, 2.05) is 17.8 Å². The van der Waals surface area contributed by atoms with E-state index >= 15 is 0 Å². The van der Waals surface area contributed by atoms with Crippen molar-refractivity contribution < 1.29 is 5.11 Å². The molecule has 2 atom stereocenters. The molecule has 0 saturated heterocycles. The Morgan fingerprint density at radius 1 is 1.44 bits per heavy atom. The molecule has 1 N–H and O–H groups in total. The van der Waals surface area contributed by atoms with E-state index in [2.05, 4.69) is 32.8 Å². The molecule has 3 heteroatoms. The molecule has 0 aliphatic rings. The summed E-state index contributed by atoms with van der Waals surface area (Å²) in [5, 5.41) is 14.3. The van der Waals surface area contributed by atoms with Crippen LogP contribution >= 0.6 is 0 Å². The van der Waals surface area contributed by atoms with Crippen LogP contribution in [0.4, 0.5) is 0 Å². The lowest BCUT2D eigenvalue weighted by atomic mass is 9.78. The highest BCUT2D eigenvalue weighted by atomic mass is 16.3. The highest BCUT2D eigenvalue weighted by Crippen LogP contribution is 2.32. The average molecular weight is 224 g/mol. The van der Waals surface area contributed by atoms with Gasteiger partial charge in [0.2, 0.25) is 0 Å². The smallest absolute Gasteiger partial charge is 0.0823 e. The molecule has 1 aromatic rings. The van der Waals surface area contributed by atoms with E-state index in [0.717, 1.165) is 18.5 Å². The minimum absolute atomic E-state index is 0.238. The summed E-state index contributed by atoms with van der Waals surface area (Å²) in [5.74, 6) is 0.479. The zero-order chi connectivity index (χ0) is 12.3. The van der Waals surface area contributed by atoms with Crippen molar-refractivity contribution >= 4 is 0 Å². The summed E-state index contributed by atoms with van der Waals surface area (Å²) in [6, 6.07) is 0. The van der Waals surface area contributed by atoms with Crippen LogP contribution in [-0.4, -0.2) is 14.9 Å². The predicted molar refractivity (Wildman–Crippen MR) is 66.1 cm³/mol. The van der Waals surface area contributed by atoms with Gasteiger partial charge in [0.05, 0.1) is 12.3 Å². The number of hydrogen-bond acceptors (Lipinski definition) is 2. The summed E-state index contributed by atoms with van der Waals surface area (Å²) >= 11 is 0. The standard InChI is InChI=1S/C13H24N2O/c1-6-15-9-11(8-14-15)12(16)7-10(2)13(3,4)5/h8-10,12,16H,6-7H2,1-5H3. The molecular formula is C13H24N2O. The maximum atomic E-state index is 10.1. The third-order valence-electron chi connectivity index (χ3n) is 3.42. The van der Waals surface area contributed by atoms with Gasteiger partial charge in [-0.3, -0.25) is 4.68 Å². The summed E-state index contributed by atoms with van der Waals surface area (Å²) in [5.41, 5.74) is 1.17. The SMILES string of the molecule is CCn1cc(C(O)CC(C)C(C)(C)C)cn1. The van der Waals surface area contributed by atoms with Gasteiger partial charge in [-0.2, -0.15) is 5.10 Å². The second-order valence-corrected chi connectivity index (χ2v) is 5.65. The molecule has 0 aromatic carbocycles. The molecule has 1 rings (SSSR count). The van der Waals surface area contributed by atoms with Crippen molar-refractivity contribution in [1.82, 2.24) is 9.78 Å². The maximum absolute atomic E-state index is 10.1. The molecule has 0 saturated carbocycles. The number of aliphatic hydroxyl groups excluding tert-OH is 1. The lowest BCUT2D eigenvalue weighted by Gasteiger charge is -2.28. The van der Waals surface area contributed by atoms with E-state index in [-0.39, 0.29) is 5.41 Å². The van der Waals surface area contributed by atoms with E-state index in [9.17, 15) is 5.11 Å². The first-order chi connectivity index (χ1) is 7.34. The minimum Gasteiger partial charge on any atom is -0.388 e. The predicted octanol–water partition coefficient (Wildman–Crippen LogP) is 3.01. The van der Waals surface area contributed by atoms with Crippen LogP contribution in [0.5, 0.6) is 0 Å². The molecule has 1 heterocycles. The van der Waals surface area contributed by atoms with Crippen molar-refractivity contribution in [2.45, 2.75) is 53.7 Å². The Bertz CT molecular complexity index is 325. The molecule has 0 spiro atoms. The quantitative estimate of drug-likeness (QED) is 0.853. The van der Waals surface area contributed by atoms with Crippen molar-refractivity contribution in [1.29, 1.82) is 0 Å². The Kier molecular flexibility index (Phi) is 4.14. The molecule has 16 heavy (non-hydrogen) atoms. The molecule has 0 radical (unpaired) electrons. The largest absolute Gasteiger partial charge is 0.388 e. The summed E-state index contributed by atoms with van der Waals surface area (Å²) in [6.07, 6.45) is 4.09. The van der Waals surface area contributed by atoms with Gasteiger partial charge >= 0.3 is 0 Å². The first kappa shape index (κ1) is 13.2. The topological polar surface area (TPSA) is 38.0 Å². The Labute approximate surface area is 98.5 Å². The van der Waals surface area contributed by atoms with Gasteiger partial charge in [0.25, 0.3) is 0 Å². The molecule has 0 fully saturated rings. The average Bonchev–Trinajstić information content (AvgIpc) is 2.64. The first-order valence-corrected chi connectivity index (χ1v) is 6.05. The number of hydrogen-bond donors (Lipinski definition) is 1. The lowest BCUT2D eigenvalue weighted by Crippen LogP contribution is -2.19.